The summed E-state index contributed by atoms with van der Waals surface area (Å²) in [5.41, 5.74) is 2.34. The zero-order valence-electron chi connectivity index (χ0n) is 10.8. The lowest BCUT2D eigenvalue weighted by atomic mass is 9.96. The van der Waals surface area contributed by atoms with Crippen LogP contribution < -0.4 is 0 Å². The summed E-state index contributed by atoms with van der Waals surface area (Å²) in [4.78, 5) is 10.7. The van der Waals surface area contributed by atoms with E-state index in [1.54, 1.807) is 0 Å². The summed E-state index contributed by atoms with van der Waals surface area (Å²) in [6, 6.07) is 13.7. The van der Waals surface area contributed by atoms with Crippen molar-refractivity contribution in [1.29, 1.82) is 0 Å². The smallest absolute Gasteiger partial charge is 0.332 e. The lowest BCUT2D eigenvalue weighted by molar-refractivity contribution is -0.146. The largest absolute Gasteiger partial charge is 0.479 e. The highest BCUT2D eigenvalue weighted by Gasteiger charge is 2.16. The molecule has 0 saturated heterocycles. The van der Waals surface area contributed by atoms with E-state index in [4.69, 9.17) is 5.11 Å². The topological polar surface area (TPSA) is 57.5 Å². The molecule has 0 aliphatic heterocycles. The Hall–Kier alpha value is -2.20. The number of rotatable bonds is 5. The van der Waals surface area contributed by atoms with Crippen LogP contribution in [0.1, 0.15) is 16.7 Å². The molecule has 0 saturated carbocycles. The number of aliphatic hydroxyl groups is 1. The Kier molecular flexibility index (Phi) is 4.48. The minimum Gasteiger partial charge on any atom is -0.479 e. The van der Waals surface area contributed by atoms with Crippen molar-refractivity contribution in [3.8, 4) is 0 Å². The molecule has 3 nitrogen and oxygen atoms in total. The number of hydrogen-bond acceptors (Lipinski definition) is 2. The van der Waals surface area contributed by atoms with E-state index in [0.717, 1.165) is 5.56 Å². The molecule has 2 aromatic carbocycles. The van der Waals surface area contributed by atoms with Crippen LogP contribution in [0.15, 0.2) is 48.5 Å². The van der Waals surface area contributed by atoms with Gasteiger partial charge < -0.3 is 10.2 Å². The third kappa shape index (κ3) is 3.65. The highest BCUT2D eigenvalue weighted by molar-refractivity contribution is 5.72. The van der Waals surface area contributed by atoms with Crippen LogP contribution in [0.5, 0.6) is 0 Å². The van der Waals surface area contributed by atoms with Gasteiger partial charge in [-0.1, -0.05) is 36.4 Å². The zero-order chi connectivity index (χ0) is 14.5. The van der Waals surface area contributed by atoms with Gasteiger partial charge in [0, 0.05) is 6.42 Å². The first kappa shape index (κ1) is 14.2. The van der Waals surface area contributed by atoms with Crippen molar-refractivity contribution < 1.29 is 19.4 Å². The van der Waals surface area contributed by atoms with Crippen LogP contribution in [-0.2, 0) is 17.6 Å². The molecule has 1 atom stereocenters. The fourth-order valence-corrected chi connectivity index (χ4v) is 2.07. The minimum absolute atomic E-state index is 0.0300. The van der Waals surface area contributed by atoms with Crippen molar-refractivity contribution in [3.05, 3.63) is 71.0 Å². The molecule has 4 heteroatoms. The maximum atomic E-state index is 13.4. The standard InChI is InChI=1S/C16H15FO3/c17-14-7-6-12(10-15(18)16(19)20)13(9-14)8-11-4-2-1-3-5-11/h1-7,9,15,18H,8,10H2,(H,19,20)/t15-/m1/s1. The van der Waals surface area contributed by atoms with E-state index in [0.29, 0.717) is 17.5 Å². The van der Waals surface area contributed by atoms with Gasteiger partial charge >= 0.3 is 5.97 Å². The summed E-state index contributed by atoms with van der Waals surface area (Å²) in [7, 11) is 0. The first-order valence-corrected chi connectivity index (χ1v) is 6.28. The first-order valence-electron chi connectivity index (χ1n) is 6.28. The van der Waals surface area contributed by atoms with E-state index in [-0.39, 0.29) is 12.2 Å². The number of aliphatic carboxylic acids is 1. The summed E-state index contributed by atoms with van der Waals surface area (Å²) in [6.45, 7) is 0. The third-order valence-electron chi connectivity index (χ3n) is 3.10. The molecular formula is C16H15FO3. The average molecular weight is 274 g/mol. The lowest BCUT2D eigenvalue weighted by Crippen LogP contribution is -2.22. The highest BCUT2D eigenvalue weighted by Crippen LogP contribution is 2.18. The molecule has 2 N–H and O–H groups in total. The Balaban J connectivity index is 2.26. The van der Waals surface area contributed by atoms with Crippen molar-refractivity contribution in [1.82, 2.24) is 0 Å². The van der Waals surface area contributed by atoms with Crippen molar-refractivity contribution in [2.75, 3.05) is 0 Å². The molecule has 20 heavy (non-hydrogen) atoms. The van der Waals surface area contributed by atoms with Crippen LogP contribution in [-0.4, -0.2) is 22.3 Å². The van der Waals surface area contributed by atoms with Gasteiger partial charge in [-0.3, -0.25) is 0 Å². The van der Waals surface area contributed by atoms with Crippen molar-refractivity contribution in [2.45, 2.75) is 18.9 Å². The summed E-state index contributed by atoms with van der Waals surface area (Å²) in [5.74, 6) is -1.65. The number of halogens is 1. The number of carboxylic acids is 1. The van der Waals surface area contributed by atoms with E-state index >= 15 is 0 Å². The van der Waals surface area contributed by atoms with Gasteiger partial charge in [0.2, 0.25) is 0 Å². The molecule has 0 heterocycles. The van der Waals surface area contributed by atoms with Gasteiger partial charge in [-0.25, -0.2) is 9.18 Å². The molecule has 0 aliphatic carbocycles. The van der Waals surface area contributed by atoms with Crippen LogP contribution in [0.25, 0.3) is 0 Å². The lowest BCUT2D eigenvalue weighted by Gasteiger charge is -2.12. The van der Waals surface area contributed by atoms with Crippen LogP contribution >= 0.6 is 0 Å². The molecule has 0 spiro atoms. The third-order valence-corrected chi connectivity index (χ3v) is 3.10. The predicted molar refractivity (Wildman–Crippen MR) is 73.0 cm³/mol. The van der Waals surface area contributed by atoms with Crippen LogP contribution in [0.4, 0.5) is 4.39 Å². The van der Waals surface area contributed by atoms with Gasteiger partial charge in [-0.05, 0) is 35.2 Å². The van der Waals surface area contributed by atoms with Crippen LogP contribution in [0, 0.1) is 5.82 Å². The molecule has 0 aliphatic rings. The molecule has 0 aromatic heterocycles. The number of benzene rings is 2. The summed E-state index contributed by atoms with van der Waals surface area (Å²) in [6.07, 6.45) is -1.01. The van der Waals surface area contributed by atoms with Gasteiger partial charge in [-0.2, -0.15) is 0 Å². The molecule has 0 amide bonds. The number of carbonyl (C=O) groups is 1. The summed E-state index contributed by atoms with van der Waals surface area (Å²) in [5, 5.41) is 18.2. The summed E-state index contributed by atoms with van der Waals surface area (Å²) < 4.78 is 13.4. The van der Waals surface area contributed by atoms with Gasteiger partial charge in [0.1, 0.15) is 5.82 Å². The molecule has 2 rings (SSSR count). The molecule has 2 aromatic rings. The summed E-state index contributed by atoms with van der Waals surface area (Å²) >= 11 is 0. The Labute approximate surface area is 116 Å². The van der Waals surface area contributed by atoms with Gasteiger partial charge in [0.25, 0.3) is 0 Å². The second kappa shape index (κ2) is 6.30. The molecular weight excluding hydrogens is 259 g/mol. The van der Waals surface area contributed by atoms with E-state index < -0.39 is 12.1 Å². The quantitative estimate of drug-likeness (QED) is 0.880. The first-order chi connectivity index (χ1) is 9.56. The highest BCUT2D eigenvalue weighted by atomic mass is 19.1. The van der Waals surface area contributed by atoms with Gasteiger partial charge in [0.15, 0.2) is 6.10 Å². The van der Waals surface area contributed by atoms with Gasteiger partial charge in [-0.15, -0.1) is 0 Å². The van der Waals surface area contributed by atoms with E-state index in [2.05, 4.69) is 0 Å². The predicted octanol–water partition coefficient (Wildman–Crippen LogP) is 2.40. The number of carboxylic acid groups (broad SMARTS) is 1. The Bertz CT molecular complexity index is 596. The van der Waals surface area contributed by atoms with E-state index in [9.17, 15) is 14.3 Å². The van der Waals surface area contributed by atoms with Gasteiger partial charge in [0.05, 0.1) is 0 Å². The van der Waals surface area contributed by atoms with Crippen LogP contribution in [0.3, 0.4) is 0 Å². The monoisotopic (exact) mass is 274 g/mol. The van der Waals surface area contributed by atoms with E-state index in [1.165, 1.54) is 18.2 Å². The van der Waals surface area contributed by atoms with Crippen molar-refractivity contribution >= 4 is 5.97 Å². The fourth-order valence-electron chi connectivity index (χ4n) is 2.07. The average Bonchev–Trinajstić information content (AvgIpc) is 2.42. The molecule has 0 unspecified atom stereocenters. The Morgan fingerprint density at radius 3 is 2.45 bits per heavy atom. The Morgan fingerprint density at radius 2 is 1.80 bits per heavy atom. The molecule has 0 fully saturated rings. The normalized spacial score (nSPS) is 12.1. The second-order valence-electron chi connectivity index (χ2n) is 4.63. The SMILES string of the molecule is O=C(O)[C@H](O)Cc1ccc(F)cc1Cc1ccccc1. The minimum atomic E-state index is -1.48. The Morgan fingerprint density at radius 1 is 1.10 bits per heavy atom. The fraction of sp³-hybridized carbons (Fsp3) is 0.188. The van der Waals surface area contributed by atoms with E-state index in [1.807, 2.05) is 30.3 Å². The van der Waals surface area contributed by atoms with Crippen molar-refractivity contribution in [2.24, 2.45) is 0 Å². The van der Waals surface area contributed by atoms with Crippen LogP contribution in [0.2, 0.25) is 0 Å². The second-order valence-corrected chi connectivity index (χ2v) is 4.63. The zero-order valence-corrected chi connectivity index (χ0v) is 10.8. The maximum absolute atomic E-state index is 13.4. The molecule has 104 valence electrons. The number of aliphatic hydroxyl groups excluding tert-OH is 1. The number of hydrogen-bond donors (Lipinski definition) is 2. The molecule has 0 bridgehead atoms. The maximum Gasteiger partial charge on any atom is 0.332 e. The molecule has 0 radical (unpaired) electrons. The van der Waals surface area contributed by atoms with Crippen molar-refractivity contribution in [3.63, 3.8) is 0 Å².